The number of carbonyl (C=O) groups is 1. The van der Waals surface area contributed by atoms with Gasteiger partial charge in [0.2, 0.25) is 0 Å². The Kier molecular flexibility index (Phi) is 3.68. The predicted octanol–water partition coefficient (Wildman–Crippen LogP) is 3.28. The van der Waals surface area contributed by atoms with Crippen molar-refractivity contribution in [2.24, 2.45) is 0 Å². The second kappa shape index (κ2) is 6.01. The summed E-state index contributed by atoms with van der Waals surface area (Å²) in [6, 6.07) is 12.0. The third-order valence-electron chi connectivity index (χ3n) is 4.39. The molecule has 1 aliphatic carbocycles. The van der Waals surface area contributed by atoms with Gasteiger partial charge < -0.3 is 9.88 Å². The third kappa shape index (κ3) is 3.08. The standard InChI is InChI=1S/C18H16N4O3/c23-18(13-4-7-16-17(9-13)20-11-19-16)21(14-5-6-14)10-12-2-1-3-15(8-12)22(24)25/h1-4,7-9,11,14H,5-6,10H2,(H,19,20). The molecule has 1 heterocycles. The first kappa shape index (κ1) is 15.3. The first-order valence-electron chi connectivity index (χ1n) is 8.09. The van der Waals surface area contributed by atoms with Gasteiger partial charge in [-0.25, -0.2) is 4.98 Å². The second-order valence-corrected chi connectivity index (χ2v) is 6.23. The van der Waals surface area contributed by atoms with E-state index in [4.69, 9.17) is 0 Å². The molecule has 1 aliphatic rings. The molecular weight excluding hydrogens is 320 g/mol. The minimum atomic E-state index is -0.418. The number of fused-ring (bicyclic) bond motifs is 1. The van der Waals surface area contributed by atoms with Crippen molar-refractivity contribution in [1.82, 2.24) is 14.9 Å². The van der Waals surface area contributed by atoms with Crippen LogP contribution >= 0.6 is 0 Å². The molecule has 0 saturated heterocycles. The second-order valence-electron chi connectivity index (χ2n) is 6.23. The van der Waals surface area contributed by atoms with E-state index in [2.05, 4.69) is 9.97 Å². The Bertz CT molecular complexity index is 962. The van der Waals surface area contributed by atoms with Gasteiger partial charge in [-0.15, -0.1) is 0 Å². The van der Waals surface area contributed by atoms with Crippen molar-refractivity contribution in [3.05, 3.63) is 70.0 Å². The molecule has 25 heavy (non-hydrogen) atoms. The topological polar surface area (TPSA) is 92.1 Å². The van der Waals surface area contributed by atoms with E-state index in [1.54, 1.807) is 29.4 Å². The van der Waals surface area contributed by atoms with Gasteiger partial charge in [0.1, 0.15) is 0 Å². The van der Waals surface area contributed by atoms with Crippen LogP contribution in [0.15, 0.2) is 48.8 Å². The number of nitrogens with one attached hydrogen (secondary N) is 1. The number of nitro groups is 1. The van der Waals surface area contributed by atoms with Crippen LogP contribution in [0.2, 0.25) is 0 Å². The molecule has 0 aliphatic heterocycles. The Morgan fingerprint density at radius 1 is 1.28 bits per heavy atom. The summed E-state index contributed by atoms with van der Waals surface area (Å²) in [5, 5.41) is 11.0. The molecule has 1 aromatic heterocycles. The highest BCUT2D eigenvalue weighted by atomic mass is 16.6. The van der Waals surface area contributed by atoms with Crippen LogP contribution in [0.3, 0.4) is 0 Å². The van der Waals surface area contributed by atoms with Gasteiger partial charge in [0.05, 0.1) is 22.3 Å². The molecule has 1 saturated carbocycles. The number of hydrogen-bond donors (Lipinski definition) is 1. The van der Waals surface area contributed by atoms with E-state index in [1.807, 2.05) is 12.1 Å². The summed E-state index contributed by atoms with van der Waals surface area (Å²) >= 11 is 0. The zero-order chi connectivity index (χ0) is 17.4. The van der Waals surface area contributed by atoms with Crippen molar-refractivity contribution < 1.29 is 9.72 Å². The van der Waals surface area contributed by atoms with Crippen molar-refractivity contribution >= 4 is 22.6 Å². The fourth-order valence-corrected chi connectivity index (χ4v) is 2.95. The lowest BCUT2D eigenvalue weighted by Gasteiger charge is -2.22. The lowest BCUT2D eigenvalue weighted by atomic mass is 10.1. The van der Waals surface area contributed by atoms with E-state index < -0.39 is 4.92 Å². The summed E-state index contributed by atoms with van der Waals surface area (Å²) in [5.74, 6) is -0.0643. The average molecular weight is 336 g/mol. The molecule has 1 amide bonds. The number of carbonyl (C=O) groups excluding carboxylic acids is 1. The van der Waals surface area contributed by atoms with Crippen molar-refractivity contribution in [2.45, 2.75) is 25.4 Å². The molecule has 3 aromatic rings. The van der Waals surface area contributed by atoms with Crippen LogP contribution in [-0.2, 0) is 6.54 Å². The molecule has 4 rings (SSSR count). The highest BCUT2D eigenvalue weighted by molar-refractivity contribution is 5.97. The fourth-order valence-electron chi connectivity index (χ4n) is 2.95. The Morgan fingerprint density at radius 3 is 2.88 bits per heavy atom. The molecule has 2 aromatic carbocycles. The number of imidazole rings is 1. The van der Waals surface area contributed by atoms with Gasteiger partial charge in [0.15, 0.2) is 0 Å². The van der Waals surface area contributed by atoms with Crippen LogP contribution in [0.1, 0.15) is 28.8 Å². The Balaban J connectivity index is 1.61. The number of amides is 1. The van der Waals surface area contributed by atoms with Crippen LogP contribution in [0, 0.1) is 10.1 Å². The van der Waals surface area contributed by atoms with E-state index >= 15 is 0 Å². The monoisotopic (exact) mass is 336 g/mol. The molecule has 0 radical (unpaired) electrons. The highest BCUT2D eigenvalue weighted by Gasteiger charge is 2.33. The molecule has 1 fully saturated rings. The van der Waals surface area contributed by atoms with Gasteiger partial charge in [-0.3, -0.25) is 14.9 Å². The Hall–Kier alpha value is -3.22. The van der Waals surface area contributed by atoms with E-state index in [-0.39, 0.29) is 17.6 Å². The molecule has 0 spiro atoms. The van der Waals surface area contributed by atoms with Gasteiger partial charge in [-0.05, 0) is 36.6 Å². The first-order valence-corrected chi connectivity index (χ1v) is 8.09. The maximum absolute atomic E-state index is 13.0. The maximum Gasteiger partial charge on any atom is 0.269 e. The number of H-pyrrole nitrogens is 1. The SMILES string of the molecule is O=C(c1ccc2nc[nH]c2c1)N(Cc1cccc([N+](=O)[O-])c1)C1CC1. The van der Waals surface area contributed by atoms with Crippen LogP contribution in [-0.4, -0.2) is 31.7 Å². The van der Waals surface area contributed by atoms with E-state index in [1.165, 1.54) is 12.1 Å². The van der Waals surface area contributed by atoms with Gasteiger partial charge in [-0.1, -0.05) is 12.1 Å². The van der Waals surface area contributed by atoms with Crippen LogP contribution in [0.5, 0.6) is 0 Å². The third-order valence-corrected chi connectivity index (χ3v) is 4.39. The number of nitro benzene ring substituents is 1. The summed E-state index contributed by atoms with van der Waals surface area (Å²) < 4.78 is 0. The lowest BCUT2D eigenvalue weighted by Crippen LogP contribution is -2.32. The zero-order valence-corrected chi connectivity index (χ0v) is 13.4. The summed E-state index contributed by atoms with van der Waals surface area (Å²) in [6.45, 7) is 0.367. The number of hydrogen-bond acceptors (Lipinski definition) is 4. The number of nitrogens with zero attached hydrogens (tertiary/aromatic N) is 3. The smallest absolute Gasteiger partial charge is 0.269 e. The number of non-ortho nitro benzene ring substituents is 1. The van der Waals surface area contributed by atoms with E-state index in [9.17, 15) is 14.9 Å². The zero-order valence-electron chi connectivity index (χ0n) is 13.4. The molecule has 1 N–H and O–H groups in total. The average Bonchev–Trinajstić information content (AvgIpc) is 3.35. The summed E-state index contributed by atoms with van der Waals surface area (Å²) in [4.78, 5) is 32.5. The summed E-state index contributed by atoms with van der Waals surface area (Å²) in [5.41, 5.74) is 3.02. The van der Waals surface area contributed by atoms with E-state index in [0.29, 0.717) is 12.1 Å². The van der Waals surface area contributed by atoms with Gasteiger partial charge in [0.25, 0.3) is 11.6 Å². The van der Waals surface area contributed by atoms with Crippen molar-refractivity contribution in [1.29, 1.82) is 0 Å². The molecule has 126 valence electrons. The first-order chi connectivity index (χ1) is 12.1. The predicted molar refractivity (Wildman–Crippen MR) is 92.1 cm³/mol. The van der Waals surface area contributed by atoms with Crippen molar-refractivity contribution in [3.8, 4) is 0 Å². The molecule has 0 atom stereocenters. The molecule has 7 heteroatoms. The Morgan fingerprint density at radius 2 is 2.12 bits per heavy atom. The van der Waals surface area contributed by atoms with Gasteiger partial charge in [0, 0.05) is 30.3 Å². The minimum Gasteiger partial charge on any atom is -0.345 e. The van der Waals surface area contributed by atoms with Crippen LogP contribution in [0.25, 0.3) is 11.0 Å². The fraction of sp³-hybridized carbons (Fsp3) is 0.222. The van der Waals surface area contributed by atoms with Crippen molar-refractivity contribution in [3.63, 3.8) is 0 Å². The number of benzene rings is 2. The minimum absolute atomic E-state index is 0.0413. The maximum atomic E-state index is 13.0. The highest BCUT2D eigenvalue weighted by Crippen LogP contribution is 2.30. The largest absolute Gasteiger partial charge is 0.345 e. The number of aromatic amines is 1. The molecule has 0 unspecified atom stereocenters. The number of rotatable bonds is 5. The van der Waals surface area contributed by atoms with E-state index in [0.717, 1.165) is 29.4 Å². The Labute approximate surface area is 143 Å². The van der Waals surface area contributed by atoms with Crippen LogP contribution in [0.4, 0.5) is 5.69 Å². The van der Waals surface area contributed by atoms with Gasteiger partial charge in [-0.2, -0.15) is 0 Å². The summed E-state index contributed by atoms with van der Waals surface area (Å²) in [6.07, 6.45) is 3.53. The molecule has 7 nitrogen and oxygen atoms in total. The van der Waals surface area contributed by atoms with Crippen molar-refractivity contribution in [2.75, 3.05) is 0 Å². The lowest BCUT2D eigenvalue weighted by molar-refractivity contribution is -0.384. The quantitative estimate of drug-likeness (QED) is 0.571. The normalized spacial score (nSPS) is 13.8. The number of aromatic nitrogens is 2. The van der Waals surface area contributed by atoms with Crippen LogP contribution < -0.4 is 0 Å². The molecular formula is C18H16N4O3. The van der Waals surface area contributed by atoms with Gasteiger partial charge >= 0.3 is 0 Å². The molecule has 0 bridgehead atoms. The summed E-state index contributed by atoms with van der Waals surface area (Å²) in [7, 11) is 0.